The summed E-state index contributed by atoms with van der Waals surface area (Å²) in [5, 5.41) is 21.9. The fraction of sp³-hybridized carbons (Fsp3) is 0.364. The molecule has 0 aromatic heterocycles. The van der Waals surface area contributed by atoms with Crippen LogP contribution in [0.4, 0.5) is 0 Å². The first-order chi connectivity index (χ1) is 25.5. The molecule has 0 amide bonds. The molecule has 5 aromatic rings. The number of hydrogen-bond acceptors (Lipinski definition) is 7. The lowest BCUT2D eigenvalue weighted by atomic mass is 9.94. The van der Waals surface area contributed by atoms with Crippen molar-refractivity contribution in [2.75, 3.05) is 33.4 Å². The Balaban J connectivity index is 0.000000179. The van der Waals surface area contributed by atoms with Crippen molar-refractivity contribution in [1.29, 1.82) is 0 Å². The number of methoxy groups -OCH3 is 1. The van der Waals surface area contributed by atoms with E-state index in [0.29, 0.717) is 6.04 Å². The third kappa shape index (κ3) is 9.83. The molecule has 8 heteroatoms. The number of hydrogen-bond donors (Lipinski definition) is 3. The van der Waals surface area contributed by atoms with E-state index in [2.05, 4.69) is 123 Å². The summed E-state index contributed by atoms with van der Waals surface area (Å²) in [5.41, 5.74) is 6.35. The molecule has 5 aromatic carbocycles. The van der Waals surface area contributed by atoms with E-state index in [0.717, 1.165) is 55.0 Å². The molecule has 5 nitrogen and oxygen atoms in total. The number of likely N-dealkylation sites (tertiary alicyclic amines) is 2. The van der Waals surface area contributed by atoms with Crippen molar-refractivity contribution < 1.29 is 14.9 Å². The van der Waals surface area contributed by atoms with Crippen LogP contribution in [-0.4, -0.2) is 65.5 Å². The van der Waals surface area contributed by atoms with Gasteiger partial charge in [-0.2, -0.15) is 12.6 Å². The van der Waals surface area contributed by atoms with Gasteiger partial charge in [-0.25, -0.2) is 0 Å². The van der Waals surface area contributed by atoms with Crippen molar-refractivity contribution in [2.24, 2.45) is 0 Å². The Kier molecular flexibility index (Phi) is 14.6. The molecule has 3 atom stereocenters. The van der Waals surface area contributed by atoms with E-state index in [1.54, 1.807) is 7.11 Å². The van der Waals surface area contributed by atoms with E-state index in [4.69, 9.17) is 17.4 Å². The fourth-order valence-electron chi connectivity index (χ4n) is 7.61. The molecule has 2 N–H and O–H groups in total. The SMILES string of the molecule is COc1ccc(Br)cc1CSc1ccccc1CN1CCCC1CO.OCC1CCCCN1Cc1ccccc1C(S)c1cccc2ccccc12. The van der Waals surface area contributed by atoms with Gasteiger partial charge in [-0.1, -0.05) is 107 Å². The predicted molar refractivity (Wildman–Crippen MR) is 224 cm³/mol. The number of benzene rings is 5. The molecular formula is C44H51BrN2O3S2. The molecule has 3 unspecified atom stereocenters. The minimum atomic E-state index is 0.0321. The summed E-state index contributed by atoms with van der Waals surface area (Å²) in [4.78, 5) is 6.14. The fourth-order valence-corrected chi connectivity index (χ4v) is 9.53. The second kappa shape index (κ2) is 19.5. The van der Waals surface area contributed by atoms with Crippen LogP contribution in [-0.2, 0) is 18.8 Å². The topological polar surface area (TPSA) is 56.2 Å². The number of piperidine rings is 1. The number of halogens is 1. The van der Waals surface area contributed by atoms with Gasteiger partial charge in [0.25, 0.3) is 0 Å². The largest absolute Gasteiger partial charge is 0.496 e. The molecule has 0 radical (unpaired) electrons. The first-order valence-corrected chi connectivity index (χ1v) is 20.7. The normalized spacial score (nSPS) is 18.6. The zero-order valence-electron chi connectivity index (χ0n) is 30.0. The molecular weight excluding hydrogens is 749 g/mol. The third-order valence-corrected chi connectivity index (χ3v) is 12.7. The number of thiol groups is 1. The van der Waals surface area contributed by atoms with Crippen LogP contribution in [0.5, 0.6) is 5.75 Å². The molecule has 2 aliphatic heterocycles. The van der Waals surface area contributed by atoms with Crippen LogP contribution >= 0.6 is 40.3 Å². The Bertz CT molecular complexity index is 1880. The van der Waals surface area contributed by atoms with Crippen molar-refractivity contribution in [1.82, 2.24) is 9.80 Å². The maximum atomic E-state index is 9.76. The number of ether oxygens (including phenoxy) is 1. The summed E-state index contributed by atoms with van der Waals surface area (Å²) < 4.78 is 6.55. The summed E-state index contributed by atoms with van der Waals surface area (Å²) in [6.07, 6.45) is 5.80. The predicted octanol–water partition coefficient (Wildman–Crippen LogP) is 9.91. The number of aliphatic hydroxyl groups is 2. The number of thioether (sulfide) groups is 1. The van der Waals surface area contributed by atoms with E-state index in [9.17, 15) is 10.2 Å². The summed E-state index contributed by atoms with van der Waals surface area (Å²) >= 11 is 10.4. The summed E-state index contributed by atoms with van der Waals surface area (Å²) in [6.45, 7) is 4.42. The zero-order chi connectivity index (χ0) is 36.3. The van der Waals surface area contributed by atoms with E-state index >= 15 is 0 Å². The molecule has 2 fully saturated rings. The Hall–Kier alpha value is -2.82. The van der Waals surface area contributed by atoms with Crippen molar-refractivity contribution >= 4 is 51.1 Å². The minimum Gasteiger partial charge on any atom is -0.496 e. The first-order valence-electron chi connectivity index (χ1n) is 18.5. The zero-order valence-corrected chi connectivity index (χ0v) is 33.3. The van der Waals surface area contributed by atoms with Crippen LogP contribution in [0.3, 0.4) is 0 Å². The lowest BCUT2D eigenvalue weighted by molar-refractivity contribution is 0.0839. The van der Waals surface area contributed by atoms with Gasteiger partial charge in [0.05, 0.1) is 25.6 Å². The lowest BCUT2D eigenvalue weighted by Gasteiger charge is -2.35. The number of nitrogens with zero attached hydrogens (tertiary/aromatic N) is 2. The lowest BCUT2D eigenvalue weighted by Crippen LogP contribution is -2.41. The summed E-state index contributed by atoms with van der Waals surface area (Å²) in [6, 6.07) is 38.9. The van der Waals surface area contributed by atoms with E-state index in [1.807, 2.05) is 23.9 Å². The minimum absolute atomic E-state index is 0.0321. The number of aliphatic hydroxyl groups excluding tert-OH is 2. The van der Waals surface area contributed by atoms with E-state index in [1.165, 1.54) is 62.7 Å². The van der Waals surface area contributed by atoms with Gasteiger partial charge < -0.3 is 14.9 Å². The average molecular weight is 800 g/mol. The highest BCUT2D eigenvalue weighted by Crippen LogP contribution is 2.36. The molecule has 2 aliphatic rings. The van der Waals surface area contributed by atoms with Gasteiger partial charge in [-0.3, -0.25) is 9.80 Å². The monoisotopic (exact) mass is 798 g/mol. The van der Waals surface area contributed by atoms with Crippen LogP contribution in [0.25, 0.3) is 10.8 Å². The molecule has 2 heterocycles. The van der Waals surface area contributed by atoms with Gasteiger partial charge in [0.15, 0.2) is 0 Å². The average Bonchev–Trinajstić information content (AvgIpc) is 3.65. The third-order valence-electron chi connectivity index (χ3n) is 10.5. The molecule has 0 aliphatic carbocycles. The van der Waals surface area contributed by atoms with Crippen LogP contribution < -0.4 is 4.74 Å². The maximum absolute atomic E-state index is 9.76. The number of rotatable bonds is 12. The highest BCUT2D eigenvalue weighted by Gasteiger charge is 2.25. The highest BCUT2D eigenvalue weighted by molar-refractivity contribution is 9.10. The van der Waals surface area contributed by atoms with Gasteiger partial charge in [0, 0.05) is 45.9 Å². The van der Waals surface area contributed by atoms with Gasteiger partial charge in [0.2, 0.25) is 0 Å². The standard InChI is InChI=1S/C24H27NOS.C20H24BrNO2S/c26-17-20-11-5-6-15-25(20)16-19-9-2-4-13-22(19)24(27)23-14-7-10-18-8-1-3-12-21(18)23;1-24-19-9-8-17(21)11-16(19)14-25-20-7-3-2-5-15(20)12-22-10-4-6-18(22)13-23/h1-4,7-10,12-14,20,24,26-27H,5-6,11,15-17H2;2-3,5,7-9,11,18,23H,4,6,10,12-14H2,1H3. The summed E-state index contributed by atoms with van der Waals surface area (Å²) in [7, 11) is 1.72. The Morgan fingerprint density at radius 3 is 2.15 bits per heavy atom. The molecule has 0 saturated carbocycles. The molecule has 0 bridgehead atoms. The van der Waals surface area contributed by atoms with Crippen LogP contribution in [0.15, 0.2) is 119 Å². The van der Waals surface area contributed by atoms with E-state index < -0.39 is 0 Å². The highest BCUT2D eigenvalue weighted by atomic mass is 79.9. The van der Waals surface area contributed by atoms with E-state index in [-0.39, 0.29) is 24.5 Å². The van der Waals surface area contributed by atoms with Gasteiger partial charge in [0.1, 0.15) is 5.75 Å². The van der Waals surface area contributed by atoms with Gasteiger partial charge in [-0.15, -0.1) is 11.8 Å². The van der Waals surface area contributed by atoms with Crippen molar-refractivity contribution in [3.63, 3.8) is 0 Å². The Morgan fingerprint density at radius 2 is 1.37 bits per heavy atom. The first kappa shape index (κ1) is 38.9. The molecule has 274 valence electrons. The van der Waals surface area contributed by atoms with Crippen LogP contribution in [0.2, 0.25) is 0 Å². The van der Waals surface area contributed by atoms with Gasteiger partial charge in [-0.05, 0) is 96.1 Å². The number of fused-ring (bicyclic) bond motifs is 1. The smallest absolute Gasteiger partial charge is 0.122 e. The molecule has 52 heavy (non-hydrogen) atoms. The summed E-state index contributed by atoms with van der Waals surface area (Å²) in [5.74, 6) is 1.79. The molecule has 0 spiro atoms. The molecule has 7 rings (SSSR count). The van der Waals surface area contributed by atoms with Crippen molar-refractivity contribution in [3.05, 3.63) is 141 Å². The second-order valence-corrected chi connectivity index (χ2v) is 16.2. The van der Waals surface area contributed by atoms with Crippen LogP contribution in [0.1, 0.15) is 65.2 Å². The van der Waals surface area contributed by atoms with Crippen molar-refractivity contribution in [2.45, 2.75) is 73.2 Å². The Morgan fingerprint density at radius 1 is 0.731 bits per heavy atom. The quantitative estimate of drug-likeness (QED) is 0.0864. The second-order valence-electron chi connectivity index (χ2n) is 13.8. The van der Waals surface area contributed by atoms with Crippen LogP contribution in [0, 0.1) is 0 Å². The van der Waals surface area contributed by atoms with Gasteiger partial charge >= 0.3 is 0 Å². The molecule has 2 saturated heterocycles. The maximum Gasteiger partial charge on any atom is 0.122 e. The van der Waals surface area contributed by atoms with Crippen molar-refractivity contribution in [3.8, 4) is 5.75 Å². The Labute approximate surface area is 327 Å².